The molecule has 0 aromatic heterocycles. The molecule has 0 unspecified atom stereocenters. The third-order valence-corrected chi connectivity index (χ3v) is 5.97. The van der Waals surface area contributed by atoms with Crippen molar-refractivity contribution in [3.05, 3.63) is 64.2 Å². The molecule has 8 nitrogen and oxygen atoms in total. The van der Waals surface area contributed by atoms with Crippen LogP contribution >= 0.6 is 0 Å². The van der Waals surface area contributed by atoms with Gasteiger partial charge in [0.05, 0.1) is 15.5 Å². The number of halogens is 2. The van der Waals surface area contributed by atoms with E-state index in [9.17, 15) is 32.1 Å². The topological polar surface area (TPSA) is 101 Å². The maximum absolute atomic E-state index is 13.6. The van der Waals surface area contributed by atoms with Crippen molar-refractivity contribution in [1.82, 2.24) is 4.90 Å². The van der Waals surface area contributed by atoms with E-state index in [1.165, 1.54) is 17.0 Å². The Morgan fingerprint density at radius 1 is 1.07 bits per heavy atom. The SMILES string of the molecule is CCN(CC)C(=O)CN(c1cccc([N+](=O)[O-])c1)S(=O)(=O)c1ccc(F)c(F)c1. The van der Waals surface area contributed by atoms with Gasteiger partial charge in [-0.25, -0.2) is 17.2 Å². The van der Waals surface area contributed by atoms with Gasteiger partial charge >= 0.3 is 0 Å². The first kappa shape index (κ1) is 22.2. The summed E-state index contributed by atoms with van der Waals surface area (Å²) < 4.78 is 53.7. The molecule has 0 aliphatic carbocycles. The van der Waals surface area contributed by atoms with Gasteiger partial charge in [0.25, 0.3) is 15.7 Å². The van der Waals surface area contributed by atoms with Gasteiger partial charge in [-0.2, -0.15) is 0 Å². The fraction of sp³-hybridized carbons (Fsp3) is 0.278. The number of likely N-dealkylation sites (N-methyl/N-ethyl adjacent to an activating group) is 1. The summed E-state index contributed by atoms with van der Waals surface area (Å²) >= 11 is 0. The molecule has 156 valence electrons. The molecule has 0 fully saturated rings. The molecule has 0 bridgehead atoms. The number of hydrogen-bond donors (Lipinski definition) is 0. The van der Waals surface area contributed by atoms with Crippen LogP contribution in [0.25, 0.3) is 0 Å². The van der Waals surface area contributed by atoms with E-state index >= 15 is 0 Å². The maximum Gasteiger partial charge on any atom is 0.271 e. The summed E-state index contributed by atoms with van der Waals surface area (Å²) in [7, 11) is -4.52. The van der Waals surface area contributed by atoms with Crippen molar-refractivity contribution in [2.24, 2.45) is 0 Å². The molecule has 0 aliphatic heterocycles. The summed E-state index contributed by atoms with van der Waals surface area (Å²) in [5.41, 5.74) is -0.535. The number of benzene rings is 2. The fourth-order valence-electron chi connectivity index (χ4n) is 2.64. The van der Waals surface area contributed by atoms with Gasteiger partial charge in [-0.1, -0.05) is 6.07 Å². The molecule has 0 atom stereocenters. The molecule has 0 aliphatic rings. The van der Waals surface area contributed by atoms with Gasteiger partial charge in [0, 0.05) is 25.2 Å². The number of rotatable bonds is 8. The van der Waals surface area contributed by atoms with Gasteiger partial charge in [-0.3, -0.25) is 19.2 Å². The average molecular weight is 427 g/mol. The van der Waals surface area contributed by atoms with Crippen LogP contribution in [0.3, 0.4) is 0 Å². The lowest BCUT2D eigenvalue weighted by molar-refractivity contribution is -0.384. The van der Waals surface area contributed by atoms with E-state index in [0.29, 0.717) is 29.5 Å². The van der Waals surface area contributed by atoms with Crippen molar-refractivity contribution in [2.45, 2.75) is 18.7 Å². The molecule has 0 radical (unpaired) electrons. The number of amides is 1. The molecular weight excluding hydrogens is 408 g/mol. The third kappa shape index (κ3) is 4.86. The summed E-state index contributed by atoms with van der Waals surface area (Å²) in [6.07, 6.45) is 0. The molecule has 0 spiro atoms. The monoisotopic (exact) mass is 427 g/mol. The second-order valence-corrected chi connectivity index (χ2v) is 7.79. The first-order chi connectivity index (χ1) is 13.6. The van der Waals surface area contributed by atoms with E-state index in [2.05, 4.69) is 0 Å². The quantitative estimate of drug-likeness (QED) is 0.476. The van der Waals surface area contributed by atoms with E-state index in [-0.39, 0.29) is 11.4 Å². The lowest BCUT2D eigenvalue weighted by Gasteiger charge is -2.27. The Bertz CT molecular complexity index is 1030. The third-order valence-electron chi connectivity index (χ3n) is 4.20. The van der Waals surface area contributed by atoms with E-state index in [0.717, 1.165) is 18.2 Å². The Labute approximate surface area is 166 Å². The van der Waals surface area contributed by atoms with Crippen LogP contribution in [0.1, 0.15) is 13.8 Å². The van der Waals surface area contributed by atoms with Crippen LogP contribution < -0.4 is 4.31 Å². The largest absolute Gasteiger partial charge is 0.342 e. The molecule has 11 heteroatoms. The molecule has 2 aromatic carbocycles. The van der Waals surface area contributed by atoms with Crippen molar-refractivity contribution >= 4 is 27.3 Å². The first-order valence-electron chi connectivity index (χ1n) is 8.61. The predicted molar refractivity (Wildman–Crippen MR) is 102 cm³/mol. The zero-order valence-electron chi connectivity index (χ0n) is 15.7. The van der Waals surface area contributed by atoms with Crippen LogP contribution in [0.5, 0.6) is 0 Å². The zero-order chi connectivity index (χ0) is 21.8. The Morgan fingerprint density at radius 3 is 2.28 bits per heavy atom. The molecule has 0 N–H and O–H groups in total. The van der Waals surface area contributed by atoms with E-state index in [4.69, 9.17) is 0 Å². The van der Waals surface area contributed by atoms with Crippen molar-refractivity contribution in [3.63, 3.8) is 0 Å². The number of carbonyl (C=O) groups excluding carboxylic acids is 1. The highest BCUT2D eigenvalue weighted by atomic mass is 32.2. The smallest absolute Gasteiger partial charge is 0.271 e. The number of nitro groups is 1. The Morgan fingerprint density at radius 2 is 1.72 bits per heavy atom. The summed E-state index contributed by atoms with van der Waals surface area (Å²) in [6, 6.07) is 6.71. The predicted octanol–water partition coefficient (Wildman–Crippen LogP) is 2.94. The molecule has 0 saturated heterocycles. The number of carbonyl (C=O) groups is 1. The normalized spacial score (nSPS) is 11.2. The van der Waals surface area contributed by atoms with Gasteiger partial charge < -0.3 is 4.90 Å². The van der Waals surface area contributed by atoms with Crippen LogP contribution in [0.4, 0.5) is 20.2 Å². The van der Waals surface area contributed by atoms with E-state index in [1.807, 2.05) is 0 Å². The van der Waals surface area contributed by atoms with Crippen molar-refractivity contribution in [3.8, 4) is 0 Å². The van der Waals surface area contributed by atoms with Crippen LogP contribution in [0.2, 0.25) is 0 Å². The number of sulfonamides is 1. The second kappa shape index (κ2) is 8.95. The standard InChI is InChI=1S/C18H19F2N3O5S/c1-3-21(4-2)18(24)12-22(13-6-5-7-14(10-13)23(25)26)29(27,28)15-8-9-16(19)17(20)11-15/h5-11H,3-4,12H2,1-2H3. The highest BCUT2D eigenvalue weighted by Crippen LogP contribution is 2.27. The number of nitro benzene ring substituents is 1. The van der Waals surface area contributed by atoms with Crippen LogP contribution in [0.15, 0.2) is 47.4 Å². The molecule has 0 heterocycles. The fourth-order valence-corrected chi connectivity index (χ4v) is 4.06. The van der Waals surface area contributed by atoms with Crippen LogP contribution in [0, 0.1) is 21.7 Å². The summed E-state index contributed by atoms with van der Waals surface area (Å²) in [5, 5.41) is 11.1. The second-order valence-electron chi connectivity index (χ2n) is 5.93. The van der Waals surface area contributed by atoms with Crippen molar-refractivity contribution in [2.75, 3.05) is 23.9 Å². The lowest BCUT2D eigenvalue weighted by atomic mass is 10.3. The summed E-state index contributed by atoms with van der Waals surface area (Å²) in [5.74, 6) is -3.15. The van der Waals surface area contributed by atoms with E-state index in [1.54, 1.807) is 13.8 Å². The van der Waals surface area contributed by atoms with Crippen molar-refractivity contribution < 1.29 is 26.9 Å². The average Bonchev–Trinajstić information content (AvgIpc) is 2.69. The number of hydrogen-bond acceptors (Lipinski definition) is 5. The molecule has 2 aromatic rings. The minimum absolute atomic E-state index is 0.149. The Hall–Kier alpha value is -3.08. The van der Waals surface area contributed by atoms with Gasteiger partial charge in [-0.05, 0) is 38.1 Å². The number of nitrogens with zero attached hydrogens (tertiary/aromatic N) is 3. The molecular formula is C18H19F2N3O5S. The van der Waals surface area contributed by atoms with E-state index < -0.39 is 43.9 Å². The summed E-state index contributed by atoms with van der Waals surface area (Å²) in [6.45, 7) is 3.41. The molecule has 0 saturated carbocycles. The summed E-state index contributed by atoms with van der Waals surface area (Å²) in [4.78, 5) is 23.7. The Kier molecular flexibility index (Phi) is 6.85. The Balaban J connectivity index is 2.59. The minimum atomic E-state index is -4.52. The lowest BCUT2D eigenvalue weighted by Crippen LogP contribution is -2.43. The molecule has 29 heavy (non-hydrogen) atoms. The minimum Gasteiger partial charge on any atom is -0.342 e. The van der Waals surface area contributed by atoms with Gasteiger partial charge in [0.15, 0.2) is 11.6 Å². The zero-order valence-corrected chi connectivity index (χ0v) is 16.5. The van der Waals surface area contributed by atoms with Gasteiger partial charge in [0.1, 0.15) is 6.54 Å². The van der Waals surface area contributed by atoms with Crippen molar-refractivity contribution in [1.29, 1.82) is 0 Å². The molecule has 2 rings (SSSR count). The molecule has 1 amide bonds. The highest BCUT2D eigenvalue weighted by molar-refractivity contribution is 7.92. The van der Waals surface area contributed by atoms with Crippen LogP contribution in [-0.2, 0) is 14.8 Å². The van der Waals surface area contributed by atoms with Gasteiger partial charge in [-0.15, -0.1) is 0 Å². The number of non-ortho nitro benzene ring substituents is 1. The maximum atomic E-state index is 13.6. The van der Waals surface area contributed by atoms with Gasteiger partial charge in [0.2, 0.25) is 5.91 Å². The highest BCUT2D eigenvalue weighted by Gasteiger charge is 2.30. The number of anilines is 1. The first-order valence-corrected chi connectivity index (χ1v) is 10.1. The van der Waals surface area contributed by atoms with Crippen LogP contribution in [-0.4, -0.2) is 43.8 Å².